The molecule has 0 spiro atoms. The molecule has 1 aromatic carbocycles. The topological polar surface area (TPSA) is 73.6 Å². The maximum atomic E-state index is 10.5. The zero-order chi connectivity index (χ0) is 13.7. The number of aliphatic carboxylic acids is 1. The van der Waals surface area contributed by atoms with E-state index in [1.54, 1.807) is 24.3 Å². The van der Waals surface area contributed by atoms with Gasteiger partial charge in [0.1, 0.15) is 12.4 Å². The van der Waals surface area contributed by atoms with Gasteiger partial charge in [-0.15, -0.1) is 0 Å². The summed E-state index contributed by atoms with van der Waals surface area (Å²) in [5.41, 5.74) is 0.617. The third kappa shape index (κ3) is 3.97. The van der Waals surface area contributed by atoms with Gasteiger partial charge in [0.2, 0.25) is 0 Å². The lowest BCUT2D eigenvalue weighted by Crippen LogP contribution is -2.48. The van der Waals surface area contributed by atoms with Gasteiger partial charge in [-0.1, -0.05) is 0 Å². The average molecular weight is 260 g/mol. The summed E-state index contributed by atoms with van der Waals surface area (Å²) in [6.07, 6.45) is 0.257. The van der Waals surface area contributed by atoms with E-state index in [1.165, 1.54) is 0 Å². The third-order valence-electron chi connectivity index (χ3n) is 3.16. The summed E-state index contributed by atoms with van der Waals surface area (Å²) in [7, 11) is 0. The van der Waals surface area contributed by atoms with E-state index in [9.17, 15) is 4.79 Å². The first-order valence-electron chi connectivity index (χ1n) is 6.24. The lowest BCUT2D eigenvalue weighted by atomic mass is 9.97. The van der Waals surface area contributed by atoms with Crippen LogP contribution in [-0.4, -0.2) is 42.2 Å². The number of nitriles is 1. The second-order valence-corrected chi connectivity index (χ2v) is 4.71. The Morgan fingerprint density at radius 1 is 1.42 bits per heavy atom. The molecule has 1 aromatic rings. The van der Waals surface area contributed by atoms with E-state index in [0.717, 1.165) is 25.4 Å². The molecule has 1 aliphatic heterocycles. The molecule has 5 heteroatoms. The summed E-state index contributed by atoms with van der Waals surface area (Å²) < 4.78 is 5.56. The fourth-order valence-corrected chi connectivity index (χ4v) is 2.15. The number of hydrogen-bond acceptors (Lipinski definition) is 4. The standard InChI is InChI=1S/C14H16N2O3/c15-8-11-1-3-13(4-2-11)19-6-5-16-9-12(10-16)7-14(17)18/h1-4,12H,5-7,9-10H2,(H,17,18). The highest BCUT2D eigenvalue weighted by Gasteiger charge is 2.27. The second kappa shape index (κ2) is 6.21. The zero-order valence-electron chi connectivity index (χ0n) is 10.6. The van der Waals surface area contributed by atoms with Crippen molar-refractivity contribution in [2.45, 2.75) is 6.42 Å². The average Bonchev–Trinajstić information content (AvgIpc) is 2.36. The fourth-order valence-electron chi connectivity index (χ4n) is 2.15. The van der Waals surface area contributed by atoms with Gasteiger partial charge in [0.15, 0.2) is 0 Å². The summed E-state index contributed by atoms with van der Waals surface area (Å²) in [5.74, 6) is 0.313. The second-order valence-electron chi connectivity index (χ2n) is 4.71. The van der Waals surface area contributed by atoms with Crippen LogP contribution >= 0.6 is 0 Å². The molecule has 1 saturated heterocycles. The number of benzene rings is 1. The van der Waals surface area contributed by atoms with Crippen LogP contribution < -0.4 is 4.74 Å². The Labute approximate surface area is 112 Å². The molecule has 0 amide bonds. The Hall–Kier alpha value is -2.06. The molecular formula is C14H16N2O3. The highest BCUT2D eigenvalue weighted by atomic mass is 16.5. The third-order valence-corrected chi connectivity index (χ3v) is 3.16. The lowest BCUT2D eigenvalue weighted by molar-refractivity contribution is -0.139. The van der Waals surface area contributed by atoms with E-state index in [4.69, 9.17) is 15.1 Å². The van der Waals surface area contributed by atoms with Crippen molar-refractivity contribution in [3.05, 3.63) is 29.8 Å². The van der Waals surface area contributed by atoms with Crippen LogP contribution in [0.4, 0.5) is 0 Å². The SMILES string of the molecule is N#Cc1ccc(OCCN2CC(CC(=O)O)C2)cc1. The van der Waals surface area contributed by atoms with Crippen molar-refractivity contribution in [2.75, 3.05) is 26.2 Å². The van der Waals surface area contributed by atoms with Gasteiger partial charge in [-0.25, -0.2) is 0 Å². The molecule has 0 bridgehead atoms. The van der Waals surface area contributed by atoms with Crippen molar-refractivity contribution >= 4 is 5.97 Å². The minimum atomic E-state index is -0.724. The Morgan fingerprint density at radius 3 is 2.68 bits per heavy atom. The number of likely N-dealkylation sites (tertiary alicyclic amines) is 1. The summed E-state index contributed by atoms with van der Waals surface area (Å²) in [6.45, 7) is 3.05. The molecule has 1 N–H and O–H groups in total. The van der Waals surface area contributed by atoms with Crippen molar-refractivity contribution in [3.8, 4) is 11.8 Å². The van der Waals surface area contributed by atoms with Crippen LogP contribution in [0.25, 0.3) is 0 Å². The van der Waals surface area contributed by atoms with Crippen LogP contribution in [0.1, 0.15) is 12.0 Å². The highest BCUT2D eigenvalue weighted by Crippen LogP contribution is 2.18. The Balaban J connectivity index is 1.62. The van der Waals surface area contributed by atoms with Gasteiger partial charge in [0.05, 0.1) is 18.1 Å². The predicted molar refractivity (Wildman–Crippen MR) is 68.8 cm³/mol. The van der Waals surface area contributed by atoms with Crippen molar-refractivity contribution < 1.29 is 14.6 Å². The van der Waals surface area contributed by atoms with Crippen LogP contribution in [0.15, 0.2) is 24.3 Å². The predicted octanol–water partition coefficient (Wildman–Crippen LogP) is 1.34. The molecule has 100 valence electrons. The Morgan fingerprint density at radius 2 is 2.11 bits per heavy atom. The van der Waals surface area contributed by atoms with E-state index < -0.39 is 5.97 Å². The van der Waals surface area contributed by atoms with Crippen LogP contribution in [0.5, 0.6) is 5.75 Å². The van der Waals surface area contributed by atoms with Crippen molar-refractivity contribution in [1.82, 2.24) is 4.90 Å². The molecule has 0 atom stereocenters. The maximum absolute atomic E-state index is 10.5. The highest BCUT2D eigenvalue weighted by molar-refractivity contribution is 5.67. The molecule has 19 heavy (non-hydrogen) atoms. The normalized spacial score (nSPS) is 15.5. The van der Waals surface area contributed by atoms with Crippen molar-refractivity contribution in [3.63, 3.8) is 0 Å². The summed E-state index contributed by atoms with van der Waals surface area (Å²) >= 11 is 0. The van der Waals surface area contributed by atoms with E-state index in [2.05, 4.69) is 11.0 Å². The largest absolute Gasteiger partial charge is 0.492 e. The number of nitrogens with zero attached hydrogens (tertiary/aromatic N) is 2. The maximum Gasteiger partial charge on any atom is 0.303 e. The van der Waals surface area contributed by atoms with Gasteiger partial charge in [0.25, 0.3) is 0 Å². The van der Waals surface area contributed by atoms with Crippen LogP contribution in [0, 0.1) is 17.2 Å². The number of hydrogen-bond donors (Lipinski definition) is 1. The fraction of sp³-hybridized carbons (Fsp3) is 0.429. The van der Waals surface area contributed by atoms with Crippen molar-refractivity contribution in [2.24, 2.45) is 5.92 Å². The zero-order valence-corrected chi connectivity index (χ0v) is 10.6. The van der Waals surface area contributed by atoms with Gasteiger partial charge in [0, 0.05) is 19.6 Å². The van der Waals surface area contributed by atoms with Gasteiger partial charge in [-0.05, 0) is 30.2 Å². The van der Waals surface area contributed by atoms with Crippen LogP contribution in [-0.2, 0) is 4.79 Å². The van der Waals surface area contributed by atoms with Gasteiger partial charge in [-0.2, -0.15) is 5.26 Å². The molecule has 0 aliphatic carbocycles. The first-order valence-corrected chi connectivity index (χ1v) is 6.24. The van der Waals surface area contributed by atoms with Crippen LogP contribution in [0.3, 0.4) is 0 Å². The first-order chi connectivity index (χ1) is 9.17. The van der Waals surface area contributed by atoms with Crippen molar-refractivity contribution in [1.29, 1.82) is 5.26 Å². The Kier molecular flexibility index (Phi) is 4.37. The number of ether oxygens (including phenoxy) is 1. The molecule has 0 radical (unpaired) electrons. The summed E-state index contributed by atoms with van der Waals surface area (Å²) in [4.78, 5) is 12.7. The van der Waals surface area contributed by atoms with Gasteiger partial charge in [-0.3, -0.25) is 9.69 Å². The van der Waals surface area contributed by atoms with Gasteiger partial charge >= 0.3 is 5.97 Å². The molecule has 0 aromatic heterocycles. The smallest absolute Gasteiger partial charge is 0.303 e. The van der Waals surface area contributed by atoms with Gasteiger partial charge < -0.3 is 9.84 Å². The quantitative estimate of drug-likeness (QED) is 0.835. The van der Waals surface area contributed by atoms with E-state index in [0.29, 0.717) is 12.2 Å². The van der Waals surface area contributed by atoms with E-state index in [-0.39, 0.29) is 12.3 Å². The molecule has 0 saturated carbocycles. The van der Waals surface area contributed by atoms with E-state index >= 15 is 0 Å². The molecule has 1 heterocycles. The van der Waals surface area contributed by atoms with Crippen LogP contribution in [0.2, 0.25) is 0 Å². The minimum Gasteiger partial charge on any atom is -0.492 e. The number of rotatable bonds is 6. The number of carbonyl (C=O) groups is 1. The summed E-state index contributed by atoms with van der Waals surface area (Å²) in [6, 6.07) is 9.06. The molecule has 2 rings (SSSR count). The molecule has 1 aliphatic rings. The first kappa shape index (κ1) is 13.4. The Bertz CT molecular complexity index is 472. The lowest BCUT2D eigenvalue weighted by Gasteiger charge is -2.38. The molecule has 1 fully saturated rings. The molecular weight excluding hydrogens is 244 g/mol. The monoisotopic (exact) mass is 260 g/mol. The molecule has 0 unspecified atom stereocenters. The van der Waals surface area contributed by atoms with E-state index in [1.807, 2.05) is 0 Å². The molecule has 5 nitrogen and oxygen atoms in total. The number of carboxylic acids is 1. The number of carboxylic acid groups (broad SMARTS) is 1. The summed E-state index contributed by atoms with van der Waals surface area (Å²) in [5, 5.41) is 17.3. The minimum absolute atomic E-state index is 0.257.